The van der Waals surface area contributed by atoms with Crippen LogP contribution in [0.3, 0.4) is 0 Å². The van der Waals surface area contributed by atoms with Crippen molar-refractivity contribution in [3.63, 3.8) is 0 Å². The number of nitrogens with zero attached hydrogens (tertiary/aromatic N) is 2. The second-order valence-corrected chi connectivity index (χ2v) is 4.70. The second-order valence-electron chi connectivity index (χ2n) is 2.08. The summed E-state index contributed by atoms with van der Waals surface area (Å²) in [5, 5.41) is 0.0158. The highest BCUT2D eigenvalue weighted by molar-refractivity contribution is 7.91. The Morgan fingerprint density at radius 1 is 1.50 bits per heavy atom. The van der Waals surface area contributed by atoms with E-state index in [0.717, 1.165) is 0 Å². The van der Waals surface area contributed by atoms with Crippen molar-refractivity contribution in [2.75, 3.05) is 5.75 Å². The third kappa shape index (κ3) is 1.92. The van der Waals surface area contributed by atoms with Gasteiger partial charge in [0.2, 0.25) is 0 Å². The van der Waals surface area contributed by atoms with Crippen molar-refractivity contribution >= 4 is 21.4 Å². The molecule has 0 amide bonds. The predicted octanol–water partition coefficient (Wildman–Crippen LogP) is 0.924. The summed E-state index contributed by atoms with van der Waals surface area (Å²) in [5.41, 5.74) is 0. The third-order valence-electron chi connectivity index (χ3n) is 1.28. The zero-order chi connectivity index (χ0) is 9.19. The Bertz CT molecular complexity index is 377. The van der Waals surface area contributed by atoms with Crippen molar-refractivity contribution in [2.45, 2.75) is 11.9 Å². The molecule has 0 radical (unpaired) electrons. The van der Waals surface area contributed by atoms with Gasteiger partial charge in [-0.1, -0.05) is 18.5 Å². The Balaban J connectivity index is 3.21. The molecule has 0 saturated heterocycles. The van der Waals surface area contributed by atoms with E-state index in [4.69, 9.17) is 11.6 Å². The van der Waals surface area contributed by atoms with E-state index >= 15 is 0 Å². The Morgan fingerprint density at radius 3 is 2.67 bits per heavy atom. The Hall–Kier alpha value is -0.680. The molecule has 0 bridgehead atoms. The van der Waals surface area contributed by atoms with Crippen molar-refractivity contribution in [1.82, 2.24) is 9.97 Å². The summed E-state index contributed by atoms with van der Waals surface area (Å²) < 4.78 is 22.4. The maximum Gasteiger partial charge on any atom is 0.196 e. The fourth-order valence-corrected chi connectivity index (χ4v) is 1.58. The molecule has 0 aliphatic rings. The van der Waals surface area contributed by atoms with Gasteiger partial charge in [-0.3, -0.25) is 4.98 Å². The van der Waals surface area contributed by atoms with Crippen LogP contribution in [0.1, 0.15) is 6.92 Å². The molecule has 1 rings (SSSR count). The van der Waals surface area contributed by atoms with Crippen molar-refractivity contribution in [1.29, 1.82) is 0 Å². The van der Waals surface area contributed by atoms with Gasteiger partial charge in [0.05, 0.1) is 18.1 Å². The van der Waals surface area contributed by atoms with Gasteiger partial charge < -0.3 is 0 Å². The number of hydrogen-bond donors (Lipinski definition) is 0. The summed E-state index contributed by atoms with van der Waals surface area (Å²) in [4.78, 5) is 7.26. The first-order chi connectivity index (χ1) is 5.56. The molecule has 1 aromatic heterocycles. The van der Waals surface area contributed by atoms with E-state index in [1.165, 1.54) is 19.3 Å². The van der Waals surface area contributed by atoms with Crippen LogP contribution < -0.4 is 0 Å². The summed E-state index contributed by atoms with van der Waals surface area (Å²) in [6.45, 7) is 1.54. The molecule has 1 heterocycles. The molecule has 4 nitrogen and oxygen atoms in total. The molecular formula is C6H7ClN2O2S. The topological polar surface area (TPSA) is 59.9 Å². The molecule has 1 aromatic rings. The van der Waals surface area contributed by atoms with Crippen LogP contribution in [-0.2, 0) is 9.84 Å². The molecule has 0 spiro atoms. The highest BCUT2D eigenvalue weighted by atomic mass is 35.5. The quantitative estimate of drug-likeness (QED) is 0.722. The van der Waals surface area contributed by atoms with Crippen LogP contribution in [-0.4, -0.2) is 24.1 Å². The predicted molar refractivity (Wildman–Crippen MR) is 44.8 cm³/mol. The van der Waals surface area contributed by atoms with Gasteiger partial charge in [-0.25, -0.2) is 13.4 Å². The SMILES string of the molecule is CCS(=O)(=O)c1cncc(Cl)n1. The summed E-state index contributed by atoms with van der Waals surface area (Å²) in [5.74, 6) is 0.00201. The number of sulfone groups is 1. The molecule has 66 valence electrons. The Labute approximate surface area is 75.5 Å². The Kier molecular flexibility index (Phi) is 2.64. The molecule has 6 heteroatoms. The van der Waals surface area contributed by atoms with E-state index < -0.39 is 9.84 Å². The van der Waals surface area contributed by atoms with E-state index in [0.29, 0.717) is 0 Å². The van der Waals surface area contributed by atoms with E-state index in [1.54, 1.807) is 0 Å². The molecule has 12 heavy (non-hydrogen) atoms. The lowest BCUT2D eigenvalue weighted by Gasteiger charge is -1.98. The summed E-state index contributed by atoms with van der Waals surface area (Å²) in [7, 11) is -3.28. The fraction of sp³-hybridized carbons (Fsp3) is 0.333. The van der Waals surface area contributed by atoms with E-state index in [1.807, 2.05) is 0 Å². The first-order valence-electron chi connectivity index (χ1n) is 3.26. The van der Waals surface area contributed by atoms with Gasteiger partial charge in [0.15, 0.2) is 14.9 Å². The zero-order valence-corrected chi connectivity index (χ0v) is 7.93. The number of aromatic nitrogens is 2. The lowest BCUT2D eigenvalue weighted by molar-refractivity contribution is 0.593. The van der Waals surface area contributed by atoms with Crippen LogP contribution in [0.15, 0.2) is 17.4 Å². The maximum atomic E-state index is 11.2. The van der Waals surface area contributed by atoms with E-state index in [9.17, 15) is 8.42 Å². The average molecular weight is 207 g/mol. The Morgan fingerprint density at radius 2 is 2.17 bits per heavy atom. The van der Waals surface area contributed by atoms with E-state index in [-0.39, 0.29) is 15.9 Å². The highest BCUT2D eigenvalue weighted by Crippen LogP contribution is 2.09. The monoisotopic (exact) mass is 206 g/mol. The summed E-state index contributed by atoms with van der Waals surface area (Å²) in [6.07, 6.45) is 2.47. The van der Waals surface area contributed by atoms with Gasteiger partial charge >= 0.3 is 0 Å². The molecular weight excluding hydrogens is 200 g/mol. The van der Waals surface area contributed by atoms with E-state index in [2.05, 4.69) is 9.97 Å². The van der Waals surface area contributed by atoms with Gasteiger partial charge in [0.25, 0.3) is 0 Å². The molecule has 0 aromatic carbocycles. The number of halogens is 1. The van der Waals surface area contributed by atoms with Crippen LogP contribution in [0.4, 0.5) is 0 Å². The molecule has 0 fully saturated rings. The summed E-state index contributed by atoms with van der Waals surface area (Å²) in [6, 6.07) is 0. The molecule has 0 aliphatic carbocycles. The largest absolute Gasteiger partial charge is 0.259 e. The standard InChI is InChI=1S/C6H7ClN2O2S/c1-2-12(10,11)6-4-8-3-5(7)9-6/h3-4H,2H2,1H3. The van der Waals surface area contributed by atoms with Crippen LogP contribution in [0.2, 0.25) is 5.15 Å². The van der Waals surface area contributed by atoms with Gasteiger partial charge in [0.1, 0.15) is 5.15 Å². The van der Waals surface area contributed by atoms with Crippen LogP contribution in [0.25, 0.3) is 0 Å². The first-order valence-corrected chi connectivity index (χ1v) is 5.29. The second kappa shape index (κ2) is 3.37. The normalized spacial score (nSPS) is 11.5. The maximum absolute atomic E-state index is 11.2. The van der Waals surface area contributed by atoms with Crippen molar-refractivity contribution in [2.24, 2.45) is 0 Å². The fourth-order valence-electron chi connectivity index (χ4n) is 0.623. The third-order valence-corrected chi connectivity index (χ3v) is 3.06. The van der Waals surface area contributed by atoms with Crippen LogP contribution in [0, 0.1) is 0 Å². The van der Waals surface area contributed by atoms with Crippen LogP contribution in [0.5, 0.6) is 0 Å². The molecule has 0 N–H and O–H groups in total. The van der Waals surface area contributed by atoms with Crippen molar-refractivity contribution in [3.8, 4) is 0 Å². The molecule has 0 saturated carbocycles. The van der Waals surface area contributed by atoms with Crippen LogP contribution >= 0.6 is 11.6 Å². The first kappa shape index (κ1) is 9.41. The van der Waals surface area contributed by atoms with Gasteiger partial charge in [0, 0.05) is 0 Å². The van der Waals surface area contributed by atoms with Gasteiger partial charge in [-0.05, 0) is 0 Å². The minimum absolute atomic E-state index is 0.00201. The minimum atomic E-state index is -3.28. The smallest absolute Gasteiger partial charge is 0.196 e. The average Bonchev–Trinajstić information content (AvgIpc) is 2.05. The molecule has 0 atom stereocenters. The minimum Gasteiger partial charge on any atom is -0.259 e. The van der Waals surface area contributed by atoms with Gasteiger partial charge in [-0.2, -0.15) is 0 Å². The zero-order valence-electron chi connectivity index (χ0n) is 6.36. The lowest BCUT2D eigenvalue weighted by atomic mass is 10.8. The molecule has 0 aliphatic heterocycles. The number of rotatable bonds is 2. The number of hydrogen-bond acceptors (Lipinski definition) is 4. The van der Waals surface area contributed by atoms with Crippen molar-refractivity contribution in [3.05, 3.63) is 17.5 Å². The van der Waals surface area contributed by atoms with Crippen molar-refractivity contribution < 1.29 is 8.42 Å². The molecule has 0 unspecified atom stereocenters. The highest BCUT2D eigenvalue weighted by Gasteiger charge is 2.13. The van der Waals surface area contributed by atoms with Gasteiger partial charge in [-0.15, -0.1) is 0 Å². The lowest BCUT2D eigenvalue weighted by Crippen LogP contribution is -2.06. The summed E-state index contributed by atoms with van der Waals surface area (Å²) >= 11 is 5.47.